The number of aromatic amines is 1. The molecule has 7 nitrogen and oxygen atoms in total. The van der Waals surface area contributed by atoms with Crippen LogP contribution in [0.15, 0.2) is 26.8 Å². The highest BCUT2D eigenvalue weighted by atomic mass is 32.2. The zero-order valence-electron chi connectivity index (χ0n) is 14.5. The number of sulfonamides is 1. The SMILES string of the molecule is CC[C@H](NS(=O)(=O)c1c(C)[nH]c(C)c1-c1nnc(C)o1)c1cccs1. The first-order chi connectivity index (χ1) is 11.8. The van der Waals surface area contributed by atoms with E-state index in [2.05, 4.69) is 19.9 Å². The molecule has 0 amide bonds. The molecule has 25 heavy (non-hydrogen) atoms. The Balaban J connectivity index is 2.06. The summed E-state index contributed by atoms with van der Waals surface area (Å²) in [5.41, 5.74) is 1.63. The summed E-state index contributed by atoms with van der Waals surface area (Å²) in [5.74, 6) is 0.582. The Morgan fingerprint density at radius 3 is 2.60 bits per heavy atom. The van der Waals surface area contributed by atoms with E-state index in [-0.39, 0.29) is 16.8 Å². The van der Waals surface area contributed by atoms with Gasteiger partial charge in [-0.05, 0) is 31.7 Å². The minimum atomic E-state index is -3.78. The third-order valence-electron chi connectivity index (χ3n) is 3.92. The summed E-state index contributed by atoms with van der Waals surface area (Å²) in [7, 11) is -3.78. The highest BCUT2D eigenvalue weighted by Crippen LogP contribution is 2.34. The Hall–Kier alpha value is -1.97. The number of nitrogens with zero attached hydrogens (tertiary/aromatic N) is 2. The van der Waals surface area contributed by atoms with Crippen molar-refractivity contribution >= 4 is 21.4 Å². The lowest BCUT2D eigenvalue weighted by molar-refractivity contribution is 0.529. The van der Waals surface area contributed by atoms with E-state index < -0.39 is 10.0 Å². The van der Waals surface area contributed by atoms with E-state index in [4.69, 9.17) is 4.42 Å². The molecule has 0 aliphatic carbocycles. The molecule has 0 fully saturated rings. The van der Waals surface area contributed by atoms with Gasteiger partial charge >= 0.3 is 0 Å². The fraction of sp³-hybridized carbons (Fsp3) is 0.375. The van der Waals surface area contributed by atoms with E-state index in [0.29, 0.717) is 29.3 Å². The van der Waals surface area contributed by atoms with Crippen LogP contribution in [0.5, 0.6) is 0 Å². The summed E-state index contributed by atoms with van der Waals surface area (Å²) >= 11 is 1.53. The number of hydrogen-bond acceptors (Lipinski definition) is 6. The molecule has 2 N–H and O–H groups in total. The number of H-pyrrole nitrogens is 1. The smallest absolute Gasteiger partial charge is 0.250 e. The van der Waals surface area contributed by atoms with E-state index >= 15 is 0 Å². The molecule has 0 aliphatic rings. The molecule has 3 heterocycles. The van der Waals surface area contributed by atoms with Gasteiger partial charge in [-0.3, -0.25) is 0 Å². The van der Waals surface area contributed by atoms with Crippen LogP contribution in [0.25, 0.3) is 11.5 Å². The van der Waals surface area contributed by atoms with Crippen LogP contribution in [0.3, 0.4) is 0 Å². The van der Waals surface area contributed by atoms with Crippen LogP contribution in [0, 0.1) is 20.8 Å². The standard InChI is InChI=1S/C16H20N4O3S2/c1-5-12(13-7-6-8-24-13)20-25(21,22)15-10(3)17-9(2)14(15)16-19-18-11(4)23-16/h6-8,12,17,20H,5H2,1-4H3/t12-/m0/s1. The van der Waals surface area contributed by atoms with Crippen LogP contribution in [0.2, 0.25) is 0 Å². The van der Waals surface area contributed by atoms with Gasteiger partial charge in [-0.1, -0.05) is 13.0 Å². The van der Waals surface area contributed by atoms with Crippen molar-refractivity contribution in [2.45, 2.75) is 45.1 Å². The number of aromatic nitrogens is 3. The molecule has 0 saturated heterocycles. The maximum atomic E-state index is 13.1. The molecule has 3 aromatic rings. The number of hydrogen-bond donors (Lipinski definition) is 2. The average molecular weight is 380 g/mol. The Labute approximate surface area is 150 Å². The molecule has 134 valence electrons. The summed E-state index contributed by atoms with van der Waals surface area (Å²) in [6.07, 6.45) is 0.650. The van der Waals surface area contributed by atoms with Crippen molar-refractivity contribution in [3.63, 3.8) is 0 Å². The second-order valence-electron chi connectivity index (χ2n) is 5.80. The van der Waals surface area contributed by atoms with Crippen LogP contribution in [0.4, 0.5) is 0 Å². The predicted molar refractivity (Wildman–Crippen MR) is 96.0 cm³/mol. The van der Waals surface area contributed by atoms with Crippen LogP contribution in [-0.2, 0) is 10.0 Å². The van der Waals surface area contributed by atoms with E-state index in [9.17, 15) is 8.42 Å². The molecular formula is C16H20N4O3S2. The van der Waals surface area contributed by atoms with Crippen molar-refractivity contribution in [2.75, 3.05) is 0 Å². The molecule has 0 aliphatic heterocycles. The summed E-state index contributed by atoms with van der Waals surface area (Å²) in [6.45, 7) is 7.13. The topological polar surface area (TPSA) is 101 Å². The van der Waals surface area contributed by atoms with Crippen molar-refractivity contribution < 1.29 is 12.8 Å². The number of rotatable bonds is 6. The first kappa shape index (κ1) is 17.8. The van der Waals surface area contributed by atoms with Gasteiger partial charge in [0.2, 0.25) is 15.9 Å². The highest BCUT2D eigenvalue weighted by Gasteiger charge is 2.30. The van der Waals surface area contributed by atoms with E-state index in [0.717, 1.165) is 4.88 Å². The Morgan fingerprint density at radius 1 is 1.28 bits per heavy atom. The lowest BCUT2D eigenvalue weighted by Crippen LogP contribution is -2.28. The molecular weight excluding hydrogens is 360 g/mol. The Bertz CT molecular complexity index is 971. The van der Waals surface area contributed by atoms with Crippen LogP contribution in [0.1, 0.15) is 41.5 Å². The first-order valence-electron chi connectivity index (χ1n) is 7.88. The summed E-state index contributed by atoms with van der Waals surface area (Å²) < 4.78 is 34.5. The minimum Gasteiger partial charge on any atom is -0.421 e. The van der Waals surface area contributed by atoms with Gasteiger partial charge in [0.25, 0.3) is 5.89 Å². The largest absolute Gasteiger partial charge is 0.421 e. The number of nitrogens with one attached hydrogen (secondary N) is 2. The predicted octanol–water partition coefficient (Wildman–Crippen LogP) is 3.48. The second kappa shape index (κ2) is 6.74. The van der Waals surface area contributed by atoms with Crippen LogP contribution >= 0.6 is 11.3 Å². The van der Waals surface area contributed by atoms with Gasteiger partial charge in [-0.25, -0.2) is 13.1 Å². The maximum absolute atomic E-state index is 13.1. The lowest BCUT2D eigenvalue weighted by Gasteiger charge is -2.16. The van der Waals surface area contributed by atoms with Gasteiger partial charge in [0.05, 0.1) is 11.6 Å². The quantitative estimate of drug-likeness (QED) is 0.682. The summed E-state index contributed by atoms with van der Waals surface area (Å²) in [5, 5.41) is 9.73. The minimum absolute atomic E-state index is 0.156. The van der Waals surface area contributed by atoms with Gasteiger partial charge < -0.3 is 9.40 Å². The van der Waals surface area contributed by atoms with E-state index in [1.54, 1.807) is 20.8 Å². The van der Waals surface area contributed by atoms with Crippen molar-refractivity contribution in [1.82, 2.24) is 19.9 Å². The van der Waals surface area contributed by atoms with E-state index in [1.807, 2.05) is 24.4 Å². The molecule has 0 saturated carbocycles. The van der Waals surface area contributed by atoms with E-state index in [1.165, 1.54) is 11.3 Å². The maximum Gasteiger partial charge on any atom is 0.250 e. The van der Waals surface area contributed by atoms with Gasteiger partial charge in [0.15, 0.2) is 0 Å². The summed E-state index contributed by atoms with van der Waals surface area (Å²) in [6, 6.07) is 3.56. The molecule has 9 heteroatoms. The fourth-order valence-electron chi connectivity index (χ4n) is 2.83. The van der Waals surface area contributed by atoms with Gasteiger partial charge in [0, 0.05) is 23.2 Å². The second-order valence-corrected chi connectivity index (χ2v) is 8.43. The van der Waals surface area contributed by atoms with Crippen molar-refractivity contribution in [2.24, 2.45) is 0 Å². The molecule has 0 spiro atoms. The first-order valence-corrected chi connectivity index (χ1v) is 10.2. The third-order valence-corrected chi connectivity index (χ3v) is 6.55. The molecule has 1 atom stereocenters. The third kappa shape index (κ3) is 3.39. The van der Waals surface area contributed by atoms with Crippen LogP contribution in [-0.4, -0.2) is 23.6 Å². The molecule has 0 aromatic carbocycles. The number of thiophene rings is 1. The van der Waals surface area contributed by atoms with Gasteiger partial charge in [0.1, 0.15) is 4.90 Å². The molecule has 0 bridgehead atoms. The number of aryl methyl sites for hydroxylation is 3. The zero-order valence-corrected chi connectivity index (χ0v) is 16.1. The fourth-order valence-corrected chi connectivity index (χ4v) is 5.51. The molecule has 3 rings (SSSR count). The zero-order chi connectivity index (χ0) is 18.2. The summed E-state index contributed by atoms with van der Waals surface area (Å²) in [4.78, 5) is 4.21. The Kier molecular flexibility index (Phi) is 4.81. The normalized spacial score (nSPS) is 13.3. The van der Waals surface area contributed by atoms with Crippen molar-refractivity contribution in [1.29, 1.82) is 0 Å². The molecule has 0 radical (unpaired) electrons. The van der Waals surface area contributed by atoms with Gasteiger partial charge in [-0.2, -0.15) is 0 Å². The van der Waals surface area contributed by atoms with Gasteiger partial charge in [-0.15, -0.1) is 21.5 Å². The van der Waals surface area contributed by atoms with Crippen molar-refractivity contribution in [3.05, 3.63) is 39.7 Å². The molecule has 3 aromatic heterocycles. The highest BCUT2D eigenvalue weighted by molar-refractivity contribution is 7.89. The molecule has 0 unspecified atom stereocenters. The van der Waals surface area contributed by atoms with Crippen molar-refractivity contribution in [3.8, 4) is 11.5 Å². The Morgan fingerprint density at radius 2 is 2.04 bits per heavy atom. The average Bonchev–Trinajstić information content (AvgIpc) is 3.25. The monoisotopic (exact) mass is 380 g/mol. The van der Waals surface area contributed by atoms with Crippen LogP contribution < -0.4 is 4.72 Å². The lowest BCUT2D eigenvalue weighted by atomic mass is 10.2.